The summed E-state index contributed by atoms with van der Waals surface area (Å²) in [5, 5.41) is 7.30. The topological polar surface area (TPSA) is 129 Å². The highest BCUT2D eigenvalue weighted by Crippen LogP contribution is 2.20. The summed E-state index contributed by atoms with van der Waals surface area (Å²) in [6, 6.07) is 9.62. The molecule has 0 aliphatic carbocycles. The molecule has 0 aliphatic rings. The largest absolute Gasteiger partial charge is 0.365 e. The van der Waals surface area contributed by atoms with Gasteiger partial charge in [0, 0.05) is 18.0 Å². The van der Waals surface area contributed by atoms with Crippen molar-refractivity contribution in [2.24, 2.45) is 5.73 Å². The number of rotatable bonds is 5. The van der Waals surface area contributed by atoms with Gasteiger partial charge < -0.3 is 11.1 Å². The third-order valence-corrected chi connectivity index (χ3v) is 4.21. The number of nitrogens with zero attached hydrogens (tertiary/aromatic N) is 5. The smallest absolute Gasteiger partial charge is 0.278 e. The summed E-state index contributed by atoms with van der Waals surface area (Å²) in [6.07, 6.45) is 3.94. The normalized spacial score (nSPS) is 10.8. The van der Waals surface area contributed by atoms with Gasteiger partial charge in [-0.2, -0.15) is 5.10 Å². The molecule has 10 heteroatoms. The van der Waals surface area contributed by atoms with Crippen molar-refractivity contribution in [3.63, 3.8) is 0 Å². The Balaban J connectivity index is 1.72. The number of benzene rings is 1. The van der Waals surface area contributed by atoms with E-state index >= 15 is 0 Å². The molecule has 0 saturated carbocycles. The van der Waals surface area contributed by atoms with Gasteiger partial charge in [-0.3, -0.25) is 9.59 Å². The molecule has 29 heavy (non-hydrogen) atoms. The van der Waals surface area contributed by atoms with Gasteiger partial charge in [-0.15, -0.1) is 0 Å². The number of pyridine rings is 1. The second-order valence-corrected chi connectivity index (χ2v) is 6.08. The number of hydrogen-bond donors (Lipinski definition) is 2. The van der Waals surface area contributed by atoms with Crippen LogP contribution < -0.4 is 11.1 Å². The number of fused-ring (bicyclic) bond motifs is 1. The van der Waals surface area contributed by atoms with Crippen molar-refractivity contribution in [1.82, 2.24) is 24.7 Å². The summed E-state index contributed by atoms with van der Waals surface area (Å²) in [5.41, 5.74) is 6.13. The van der Waals surface area contributed by atoms with Crippen molar-refractivity contribution in [3.8, 4) is 0 Å². The molecule has 0 unspecified atom stereocenters. The molecule has 2 amide bonds. The van der Waals surface area contributed by atoms with Crippen molar-refractivity contribution >= 4 is 28.7 Å². The summed E-state index contributed by atoms with van der Waals surface area (Å²) in [7, 11) is 0. The number of aromatic nitrogens is 5. The van der Waals surface area contributed by atoms with E-state index in [4.69, 9.17) is 5.73 Å². The molecule has 3 aromatic heterocycles. The highest BCUT2D eigenvalue weighted by Gasteiger charge is 2.21. The number of primary amides is 1. The van der Waals surface area contributed by atoms with Crippen LogP contribution >= 0.6 is 0 Å². The Labute approximate surface area is 163 Å². The van der Waals surface area contributed by atoms with Crippen LogP contribution in [0.5, 0.6) is 0 Å². The minimum Gasteiger partial charge on any atom is -0.365 e. The Hall–Kier alpha value is -4.21. The van der Waals surface area contributed by atoms with E-state index in [0.29, 0.717) is 16.6 Å². The van der Waals surface area contributed by atoms with Crippen LogP contribution in [-0.2, 0) is 6.54 Å². The Morgan fingerprint density at radius 1 is 1.14 bits per heavy atom. The van der Waals surface area contributed by atoms with Gasteiger partial charge in [-0.1, -0.05) is 18.2 Å². The second-order valence-electron chi connectivity index (χ2n) is 6.08. The van der Waals surface area contributed by atoms with E-state index in [-0.39, 0.29) is 29.4 Å². The maximum absolute atomic E-state index is 14.0. The highest BCUT2D eigenvalue weighted by atomic mass is 19.1. The zero-order chi connectivity index (χ0) is 20.4. The minimum atomic E-state index is -0.780. The third kappa shape index (κ3) is 3.50. The minimum absolute atomic E-state index is 0.0294. The van der Waals surface area contributed by atoms with E-state index < -0.39 is 11.8 Å². The van der Waals surface area contributed by atoms with Gasteiger partial charge in [0.1, 0.15) is 23.5 Å². The first-order chi connectivity index (χ1) is 14.0. The number of carbonyl (C=O) groups is 2. The van der Waals surface area contributed by atoms with Crippen LogP contribution in [0.3, 0.4) is 0 Å². The number of halogens is 1. The maximum atomic E-state index is 14.0. The average Bonchev–Trinajstić information content (AvgIpc) is 3.09. The molecule has 4 aromatic rings. The molecule has 0 spiro atoms. The van der Waals surface area contributed by atoms with Crippen molar-refractivity contribution < 1.29 is 14.0 Å². The Kier molecular flexibility index (Phi) is 4.65. The lowest BCUT2D eigenvalue weighted by molar-refractivity contribution is 0.100. The summed E-state index contributed by atoms with van der Waals surface area (Å²) in [5.74, 6) is -1.81. The average molecular weight is 391 g/mol. The summed E-state index contributed by atoms with van der Waals surface area (Å²) in [6.45, 7) is 0.0908. The van der Waals surface area contributed by atoms with Crippen LogP contribution in [0.15, 0.2) is 55.1 Å². The fourth-order valence-corrected chi connectivity index (χ4v) is 2.85. The van der Waals surface area contributed by atoms with E-state index in [1.54, 1.807) is 36.5 Å². The van der Waals surface area contributed by atoms with Crippen molar-refractivity contribution in [3.05, 3.63) is 77.8 Å². The third-order valence-electron chi connectivity index (χ3n) is 4.21. The van der Waals surface area contributed by atoms with Gasteiger partial charge in [-0.25, -0.2) is 24.0 Å². The van der Waals surface area contributed by atoms with Crippen LogP contribution in [0.1, 0.15) is 26.4 Å². The van der Waals surface area contributed by atoms with Crippen LogP contribution in [0.4, 0.5) is 10.2 Å². The van der Waals surface area contributed by atoms with Crippen LogP contribution in [-0.4, -0.2) is 36.5 Å². The molecule has 1 aromatic carbocycles. The summed E-state index contributed by atoms with van der Waals surface area (Å²) < 4.78 is 15.5. The fourth-order valence-electron chi connectivity index (χ4n) is 2.85. The molecule has 3 N–H and O–H groups in total. The molecule has 144 valence electrons. The number of anilines is 1. The fraction of sp³-hybridized carbons (Fsp3) is 0.0526. The Morgan fingerprint density at radius 2 is 1.97 bits per heavy atom. The Morgan fingerprint density at radius 3 is 2.76 bits per heavy atom. The predicted octanol–water partition coefficient (Wildman–Crippen LogP) is 1.76. The maximum Gasteiger partial charge on any atom is 0.278 e. The zero-order valence-corrected chi connectivity index (χ0v) is 14.9. The monoisotopic (exact) mass is 391 g/mol. The van der Waals surface area contributed by atoms with Crippen LogP contribution in [0.25, 0.3) is 11.0 Å². The molecule has 3 heterocycles. The molecular formula is C19H14FN7O2. The molecule has 0 bridgehead atoms. The second kappa shape index (κ2) is 7.43. The first kappa shape index (κ1) is 18.2. The number of nitrogens with one attached hydrogen (secondary N) is 1. The SMILES string of the molecule is NC(=O)c1cncnc1NC(=O)c1nn(Cc2ccccc2F)c2ncccc12. The van der Waals surface area contributed by atoms with Gasteiger partial charge in [0.15, 0.2) is 11.3 Å². The van der Waals surface area contributed by atoms with Gasteiger partial charge >= 0.3 is 0 Å². The van der Waals surface area contributed by atoms with Gasteiger partial charge in [-0.05, 0) is 18.2 Å². The van der Waals surface area contributed by atoms with E-state index in [1.807, 2.05) is 0 Å². The number of amides is 2. The summed E-state index contributed by atoms with van der Waals surface area (Å²) in [4.78, 5) is 36.2. The van der Waals surface area contributed by atoms with Gasteiger partial charge in [0.05, 0.1) is 11.9 Å². The molecule has 4 rings (SSSR count). The van der Waals surface area contributed by atoms with Crippen molar-refractivity contribution in [2.75, 3.05) is 5.32 Å². The van der Waals surface area contributed by atoms with Crippen molar-refractivity contribution in [2.45, 2.75) is 6.54 Å². The zero-order valence-electron chi connectivity index (χ0n) is 14.9. The molecule has 0 aliphatic heterocycles. The lowest BCUT2D eigenvalue weighted by Gasteiger charge is -2.06. The quantitative estimate of drug-likeness (QED) is 0.533. The van der Waals surface area contributed by atoms with E-state index in [9.17, 15) is 14.0 Å². The molecule has 9 nitrogen and oxygen atoms in total. The van der Waals surface area contributed by atoms with Crippen LogP contribution in [0, 0.1) is 5.82 Å². The Bertz CT molecular complexity index is 1240. The highest BCUT2D eigenvalue weighted by molar-refractivity contribution is 6.12. The lowest BCUT2D eigenvalue weighted by Crippen LogP contribution is -2.20. The van der Waals surface area contributed by atoms with Gasteiger partial charge in [0.25, 0.3) is 11.8 Å². The molecular weight excluding hydrogens is 377 g/mol. The molecule has 0 fully saturated rings. The van der Waals surface area contributed by atoms with E-state index in [2.05, 4.69) is 25.4 Å². The molecule has 0 saturated heterocycles. The van der Waals surface area contributed by atoms with Gasteiger partial charge in [0.2, 0.25) is 0 Å². The molecule has 0 radical (unpaired) electrons. The first-order valence-corrected chi connectivity index (χ1v) is 8.50. The number of carbonyl (C=O) groups excluding carboxylic acids is 2. The molecule has 0 atom stereocenters. The first-order valence-electron chi connectivity index (χ1n) is 8.50. The predicted molar refractivity (Wildman–Crippen MR) is 102 cm³/mol. The van der Waals surface area contributed by atoms with Crippen molar-refractivity contribution in [1.29, 1.82) is 0 Å². The number of hydrogen-bond acceptors (Lipinski definition) is 6. The standard InChI is InChI=1S/C19H14FN7O2/c20-14-6-2-1-4-11(14)9-27-18-12(5-3-7-23-18)15(26-27)19(29)25-17-13(16(21)28)8-22-10-24-17/h1-8,10H,9H2,(H2,21,28)(H,22,24,25,29). The van der Waals surface area contributed by atoms with E-state index in [1.165, 1.54) is 23.3 Å². The summed E-state index contributed by atoms with van der Waals surface area (Å²) >= 11 is 0. The van der Waals surface area contributed by atoms with Crippen LogP contribution in [0.2, 0.25) is 0 Å². The van der Waals surface area contributed by atoms with E-state index in [0.717, 1.165) is 0 Å². The number of nitrogens with two attached hydrogens (primary N) is 1. The lowest BCUT2D eigenvalue weighted by atomic mass is 10.2.